The zero-order chi connectivity index (χ0) is 10.9. The van der Waals surface area contributed by atoms with Gasteiger partial charge in [0.05, 0.1) is 0 Å². The lowest BCUT2D eigenvalue weighted by atomic mass is 10.0. The Bertz CT molecular complexity index is 337. The number of thioether (sulfide) groups is 1. The molecule has 1 fully saturated rings. The summed E-state index contributed by atoms with van der Waals surface area (Å²) in [4.78, 5) is 0.0770. The van der Waals surface area contributed by atoms with E-state index in [0.29, 0.717) is 0 Å². The van der Waals surface area contributed by atoms with Crippen LogP contribution in [0.2, 0.25) is 0 Å². The maximum Gasteiger partial charge on any atom is 0.109 e. The third-order valence-electron chi connectivity index (χ3n) is 2.92. The van der Waals surface area contributed by atoms with Crippen molar-refractivity contribution in [2.45, 2.75) is 24.3 Å². The second-order valence-electron chi connectivity index (χ2n) is 4.43. The molecular weight excluding hydrogens is 204 g/mol. The molecule has 1 unspecified atom stereocenters. The van der Waals surface area contributed by atoms with Crippen LogP contribution in [0.25, 0.3) is 0 Å². The van der Waals surface area contributed by atoms with Crippen molar-refractivity contribution in [3.63, 3.8) is 0 Å². The van der Waals surface area contributed by atoms with E-state index in [1.54, 1.807) is 0 Å². The highest BCUT2D eigenvalue weighted by atomic mass is 32.2. The molecule has 0 aromatic heterocycles. The molecule has 0 bridgehead atoms. The van der Waals surface area contributed by atoms with Crippen molar-refractivity contribution in [1.82, 2.24) is 5.32 Å². The first-order valence-electron chi connectivity index (χ1n) is 5.31. The summed E-state index contributed by atoms with van der Waals surface area (Å²) in [7, 11) is 0. The fourth-order valence-electron chi connectivity index (χ4n) is 2.03. The molecule has 2 nitrogen and oxygen atoms in total. The van der Waals surface area contributed by atoms with Crippen LogP contribution in [0.4, 0.5) is 0 Å². The average Bonchev–Trinajstić information content (AvgIpc) is 2.81. The van der Waals surface area contributed by atoms with Gasteiger partial charge in [0.1, 0.15) is 4.87 Å². The highest BCUT2D eigenvalue weighted by Crippen LogP contribution is 2.54. The summed E-state index contributed by atoms with van der Waals surface area (Å²) in [5, 5.41) is 3.58. The lowest BCUT2D eigenvalue weighted by molar-refractivity contribution is 0.733. The van der Waals surface area contributed by atoms with Gasteiger partial charge in [0.2, 0.25) is 0 Å². The molecule has 82 valence electrons. The Morgan fingerprint density at radius 2 is 1.87 bits per heavy atom. The largest absolute Gasteiger partial charge is 0.330 e. The Hall–Kier alpha value is -0.510. The van der Waals surface area contributed by atoms with Crippen molar-refractivity contribution < 1.29 is 0 Å². The minimum absolute atomic E-state index is 0.0770. The molecule has 1 saturated heterocycles. The number of nitrogens with two attached hydrogens (primary N) is 1. The van der Waals surface area contributed by atoms with Gasteiger partial charge in [-0.3, -0.25) is 5.32 Å². The zero-order valence-corrected chi connectivity index (χ0v) is 10.1. The minimum Gasteiger partial charge on any atom is -0.330 e. The highest BCUT2D eigenvalue weighted by Gasteiger charge is 2.62. The summed E-state index contributed by atoms with van der Waals surface area (Å²) in [5.74, 6) is 0.991. The zero-order valence-electron chi connectivity index (χ0n) is 9.29. The molecule has 0 spiro atoms. The van der Waals surface area contributed by atoms with Gasteiger partial charge in [0, 0.05) is 17.8 Å². The predicted octanol–water partition coefficient (Wildman–Crippen LogP) is 1.91. The van der Waals surface area contributed by atoms with Crippen LogP contribution < -0.4 is 11.1 Å². The van der Waals surface area contributed by atoms with Gasteiger partial charge in [0.25, 0.3) is 0 Å². The summed E-state index contributed by atoms with van der Waals surface area (Å²) in [6.07, 6.45) is 0. The molecule has 1 atom stereocenters. The minimum atomic E-state index is 0.0770. The van der Waals surface area contributed by atoms with Crippen LogP contribution in [0.3, 0.4) is 0 Å². The molecule has 1 heterocycles. The van der Waals surface area contributed by atoms with Crippen molar-refractivity contribution in [1.29, 1.82) is 0 Å². The summed E-state index contributed by atoms with van der Waals surface area (Å²) < 4.78 is 0. The van der Waals surface area contributed by atoms with E-state index in [1.165, 1.54) is 5.56 Å². The number of benzene rings is 1. The third-order valence-corrected chi connectivity index (χ3v) is 4.64. The molecular formula is C12H18N2S. The van der Waals surface area contributed by atoms with Crippen molar-refractivity contribution in [2.24, 2.45) is 5.73 Å². The SMILES string of the molecule is CC1(C)NC1(SCCN)c1ccccc1. The van der Waals surface area contributed by atoms with E-state index in [4.69, 9.17) is 5.73 Å². The number of rotatable bonds is 4. The summed E-state index contributed by atoms with van der Waals surface area (Å²) in [6.45, 7) is 5.21. The summed E-state index contributed by atoms with van der Waals surface area (Å²) in [6, 6.07) is 10.6. The van der Waals surface area contributed by atoms with Gasteiger partial charge in [0.15, 0.2) is 0 Å². The van der Waals surface area contributed by atoms with Gasteiger partial charge < -0.3 is 5.73 Å². The van der Waals surface area contributed by atoms with Gasteiger partial charge >= 0.3 is 0 Å². The van der Waals surface area contributed by atoms with E-state index in [1.807, 2.05) is 11.8 Å². The van der Waals surface area contributed by atoms with Crippen LogP contribution >= 0.6 is 11.8 Å². The van der Waals surface area contributed by atoms with Gasteiger partial charge in [-0.1, -0.05) is 30.3 Å². The molecule has 1 aromatic carbocycles. The maximum absolute atomic E-state index is 5.58. The number of hydrogen-bond donors (Lipinski definition) is 2. The van der Waals surface area contributed by atoms with E-state index in [9.17, 15) is 0 Å². The normalized spacial score (nSPS) is 27.7. The Morgan fingerprint density at radius 1 is 1.27 bits per heavy atom. The van der Waals surface area contributed by atoms with E-state index in [0.717, 1.165) is 12.3 Å². The van der Waals surface area contributed by atoms with Crippen molar-refractivity contribution in [3.8, 4) is 0 Å². The summed E-state index contributed by atoms with van der Waals surface area (Å²) in [5.41, 5.74) is 7.11. The molecule has 2 rings (SSSR count). The molecule has 1 aliphatic rings. The third kappa shape index (κ3) is 1.80. The fourth-order valence-corrected chi connectivity index (χ4v) is 3.44. The summed E-state index contributed by atoms with van der Waals surface area (Å²) >= 11 is 1.91. The fraction of sp³-hybridized carbons (Fsp3) is 0.500. The predicted molar refractivity (Wildman–Crippen MR) is 66.8 cm³/mol. The van der Waals surface area contributed by atoms with E-state index in [2.05, 4.69) is 49.5 Å². The second kappa shape index (κ2) is 3.81. The molecule has 0 saturated carbocycles. The lowest BCUT2D eigenvalue weighted by Crippen LogP contribution is -2.17. The molecule has 0 amide bonds. The van der Waals surface area contributed by atoms with E-state index in [-0.39, 0.29) is 10.4 Å². The monoisotopic (exact) mass is 222 g/mol. The Balaban J connectivity index is 2.23. The first-order chi connectivity index (χ1) is 7.12. The van der Waals surface area contributed by atoms with Gasteiger partial charge in [-0.05, 0) is 19.4 Å². The Labute approximate surface area is 95.6 Å². The standard InChI is InChI=1S/C12H18N2S/c1-11(2)12(14-11,15-9-8-13)10-6-4-3-5-7-10/h3-7,14H,8-9,13H2,1-2H3. The van der Waals surface area contributed by atoms with Crippen LogP contribution in [0.5, 0.6) is 0 Å². The van der Waals surface area contributed by atoms with Crippen LogP contribution in [-0.2, 0) is 4.87 Å². The van der Waals surface area contributed by atoms with E-state index < -0.39 is 0 Å². The van der Waals surface area contributed by atoms with E-state index >= 15 is 0 Å². The van der Waals surface area contributed by atoms with Gasteiger partial charge in [-0.2, -0.15) is 0 Å². The van der Waals surface area contributed by atoms with Crippen molar-refractivity contribution in [3.05, 3.63) is 35.9 Å². The Kier molecular flexibility index (Phi) is 2.79. The topological polar surface area (TPSA) is 48.0 Å². The molecule has 3 heteroatoms. The van der Waals surface area contributed by atoms with Crippen molar-refractivity contribution >= 4 is 11.8 Å². The Morgan fingerprint density at radius 3 is 2.33 bits per heavy atom. The number of nitrogens with one attached hydrogen (secondary N) is 1. The second-order valence-corrected chi connectivity index (χ2v) is 5.74. The molecule has 1 aliphatic heterocycles. The van der Waals surface area contributed by atoms with Crippen LogP contribution in [0, 0.1) is 0 Å². The molecule has 1 aromatic rings. The highest BCUT2D eigenvalue weighted by molar-refractivity contribution is 8.00. The molecule has 0 radical (unpaired) electrons. The molecule has 0 aliphatic carbocycles. The maximum atomic E-state index is 5.58. The average molecular weight is 222 g/mol. The van der Waals surface area contributed by atoms with Crippen LogP contribution in [0.15, 0.2) is 30.3 Å². The lowest BCUT2D eigenvalue weighted by Gasteiger charge is -2.17. The molecule has 15 heavy (non-hydrogen) atoms. The van der Waals surface area contributed by atoms with Crippen LogP contribution in [0.1, 0.15) is 19.4 Å². The quantitative estimate of drug-likeness (QED) is 0.765. The first-order valence-corrected chi connectivity index (χ1v) is 6.30. The first kappa shape index (κ1) is 11.0. The smallest absolute Gasteiger partial charge is 0.109 e. The van der Waals surface area contributed by atoms with Gasteiger partial charge in [-0.15, -0.1) is 11.8 Å². The number of hydrogen-bond acceptors (Lipinski definition) is 3. The van der Waals surface area contributed by atoms with Crippen LogP contribution in [-0.4, -0.2) is 17.8 Å². The molecule has 3 N–H and O–H groups in total. The van der Waals surface area contributed by atoms with Crippen molar-refractivity contribution in [2.75, 3.05) is 12.3 Å². The van der Waals surface area contributed by atoms with Gasteiger partial charge in [-0.25, -0.2) is 0 Å².